The second-order valence-corrected chi connectivity index (χ2v) is 5.68. The predicted octanol–water partition coefficient (Wildman–Crippen LogP) is 3.72. The first kappa shape index (κ1) is 15.7. The summed E-state index contributed by atoms with van der Waals surface area (Å²) in [5, 5.41) is 22.7. The molecule has 0 amide bonds. The van der Waals surface area contributed by atoms with Gasteiger partial charge in [0, 0.05) is 12.6 Å². The van der Waals surface area contributed by atoms with Crippen LogP contribution in [0, 0.1) is 0 Å². The summed E-state index contributed by atoms with van der Waals surface area (Å²) in [6, 6.07) is 10.9. The Labute approximate surface area is 132 Å². The Bertz CT molecular complexity index is 631. The van der Waals surface area contributed by atoms with E-state index < -0.39 is 0 Å². The van der Waals surface area contributed by atoms with E-state index >= 15 is 0 Å². The number of phenolic OH excluding ortho intramolecular Hbond substituents is 2. The molecule has 3 N–H and O–H groups in total. The van der Waals surface area contributed by atoms with Crippen molar-refractivity contribution in [1.29, 1.82) is 0 Å². The predicted molar refractivity (Wildman–Crippen MR) is 85.7 cm³/mol. The summed E-state index contributed by atoms with van der Waals surface area (Å²) in [5.41, 5.74) is 2.00. The Morgan fingerprint density at radius 3 is 2.67 bits per heavy atom. The zero-order valence-corrected chi connectivity index (χ0v) is 13.5. The molecule has 1 atom stereocenters. The van der Waals surface area contributed by atoms with Crippen molar-refractivity contribution in [3.63, 3.8) is 0 Å². The molecule has 2 rings (SSSR count). The molecule has 0 radical (unpaired) electrons. The first-order valence-electron chi connectivity index (χ1n) is 6.59. The van der Waals surface area contributed by atoms with Gasteiger partial charge in [-0.15, -0.1) is 0 Å². The molecule has 0 aliphatic heterocycles. The Morgan fingerprint density at radius 1 is 1.24 bits per heavy atom. The molecular weight excluding hydrogens is 334 g/mol. The number of nitrogens with one attached hydrogen (secondary N) is 1. The number of rotatable bonds is 5. The van der Waals surface area contributed by atoms with Gasteiger partial charge in [0.05, 0.1) is 11.6 Å². The van der Waals surface area contributed by atoms with Crippen LogP contribution in [0.3, 0.4) is 0 Å². The van der Waals surface area contributed by atoms with Crippen LogP contribution < -0.4 is 10.1 Å². The van der Waals surface area contributed by atoms with Gasteiger partial charge in [-0.25, -0.2) is 0 Å². The average molecular weight is 352 g/mol. The quantitative estimate of drug-likeness (QED) is 0.768. The van der Waals surface area contributed by atoms with Crippen molar-refractivity contribution in [2.45, 2.75) is 19.5 Å². The summed E-state index contributed by atoms with van der Waals surface area (Å²) in [4.78, 5) is 0. The fraction of sp³-hybridized carbons (Fsp3) is 0.250. The summed E-state index contributed by atoms with van der Waals surface area (Å²) in [7, 11) is 1.52. The summed E-state index contributed by atoms with van der Waals surface area (Å²) in [5.74, 6) is 0.795. The lowest BCUT2D eigenvalue weighted by Crippen LogP contribution is -2.18. The maximum atomic E-state index is 9.79. The highest BCUT2D eigenvalue weighted by atomic mass is 79.9. The van der Waals surface area contributed by atoms with Crippen LogP contribution in [0.15, 0.2) is 40.9 Å². The number of halogens is 1. The minimum absolute atomic E-state index is 0.0932. The zero-order chi connectivity index (χ0) is 15.4. The van der Waals surface area contributed by atoms with Crippen LogP contribution in [0.4, 0.5) is 0 Å². The summed E-state index contributed by atoms with van der Waals surface area (Å²) in [6.07, 6.45) is 0. The highest BCUT2D eigenvalue weighted by molar-refractivity contribution is 9.10. The molecule has 1 unspecified atom stereocenters. The molecule has 0 bridgehead atoms. The highest BCUT2D eigenvalue weighted by Gasteiger charge is 2.10. The van der Waals surface area contributed by atoms with Crippen molar-refractivity contribution in [3.05, 3.63) is 52.0 Å². The minimum atomic E-state index is 0.0932. The van der Waals surface area contributed by atoms with Gasteiger partial charge in [-0.3, -0.25) is 0 Å². The number of benzene rings is 2. The van der Waals surface area contributed by atoms with Crippen LogP contribution >= 0.6 is 15.9 Å². The molecule has 21 heavy (non-hydrogen) atoms. The minimum Gasteiger partial charge on any atom is -0.508 e. The van der Waals surface area contributed by atoms with Gasteiger partial charge in [0.1, 0.15) is 5.75 Å². The second kappa shape index (κ2) is 6.83. The zero-order valence-electron chi connectivity index (χ0n) is 11.9. The van der Waals surface area contributed by atoms with E-state index in [4.69, 9.17) is 4.74 Å². The third kappa shape index (κ3) is 3.89. The Balaban J connectivity index is 2.08. The normalized spacial score (nSPS) is 12.1. The molecule has 5 heteroatoms. The topological polar surface area (TPSA) is 61.7 Å². The molecule has 4 nitrogen and oxygen atoms in total. The molecule has 0 aromatic heterocycles. The Morgan fingerprint density at radius 2 is 2.00 bits per heavy atom. The first-order valence-corrected chi connectivity index (χ1v) is 7.38. The Hall–Kier alpha value is -1.72. The van der Waals surface area contributed by atoms with Gasteiger partial charge in [-0.2, -0.15) is 0 Å². The van der Waals surface area contributed by atoms with Crippen LogP contribution in [-0.4, -0.2) is 17.3 Å². The van der Waals surface area contributed by atoms with E-state index in [0.717, 1.165) is 11.1 Å². The van der Waals surface area contributed by atoms with Gasteiger partial charge in [0.25, 0.3) is 0 Å². The lowest BCUT2D eigenvalue weighted by molar-refractivity contribution is 0.371. The van der Waals surface area contributed by atoms with Crippen LogP contribution in [0.2, 0.25) is 0 Å². The highest BCUT2D eigenvalue weighted by Crippen LogP contribution is 2.35. The van der Waals surface area contributed by atoms with Crippen molar-refractivity contribution in [2.75, 3.05) is 7.11 Å². The molecular formula is C16H18BrNO3. The van der Waals surface area contributed by atoms with Gasteiger partial charge >= 0.3 is 0 Å². The maximum absolute atomic E-state index is 9.79. The van der Waals surface area contributed by atoms with Crippen molar-refractivity contribution >= 4 is 15.9 Å². The molecule has 2 aromatic carbocycles. The van der Waals surface area contributed by atoms with Crippen molar-refractivity contribution < 1.29 is 14.9 Å². The number of methoxy groups -OCH3 is 1. The summed E-state index contributed by atoms with van der Waals surface area (Å²) < 4.78 is 5.73. The van der Waals surface area contributed by atoms with E-state index in [9.17, 15) is 10.2 Å². The number of hydrogen-bond acceptors (Lipinski definition) is 4. The van der Waals surface area contributed by atoms with Crippen LogP contribution in [0.1, 0.15) is 24.1 Å². The van der Waals surface area contributed by atoms with E-state index in [2.05, 4.69) is 21.2 Å². The smallest absolute Gasteiger partial charge is 0.172 e. The van der Waals surface area contributed by atoms with Crippen molar-refractivity contribution in [2.24, 2.45) is 0 Å². The van der Waals surface area contributed by atoms with Crippen LogP contribution in [-0.2, 0) is 6.54 Å². The summed E-state index contributed by atoms with van der Waals surface area (Å²) in [6.45, 7) is 2.65. The van der Waals surface area contributed by atoms with E-state index in [0.29, 0.717) is 16.8 Å². The fourth-order valence-electron chi connectivity index (χ4n) is 2.07. The second-order valence-electron chi connectivity index (χ2n) is 4.83. The third-order valence-electron chi connectivity index (χ3n) is 3.29. The van der Waals surface area contributed by atoms with Crippen molar-refractivity contribution in [1.82, 2.24) is 5.32 Å². The summed E-state index contributed by atoms with van der Waals surface area (Å²) >= 11 is 3.31. The van der Waals surface area contributed by atoms with Crippen LogP contribution in [0.5, 0.6) is 17.2 Å². The third-order valence-corrected chi connectivity index (χ3v) is 3.90. The van der Waals surface area contributed by atoms with Gasteiger partial charge in [0.2, 0.25) is 0 Å². The fourth-order valence-corrected chi connectivity index (χ4v) is 2.56. The molecule has 112 valence electrons. The number of aromatic hydroxyl groups is 2. The number of phenols is 2. The molecule has 0 spiro atoms. The number of hydrogen-bond donors (Lipinski definition) is 3. The molecule has 0 saturated carbocycles. The number of ether oxygens (including phenoxy) is 1. The lowest BCUT2D eigenvalue weighted by atomic mass is 10.1. The standard InChI is InChI=1S/C16H18BrNO3/c1-10(12-4-3-5-13(19)8-12)18-9-11-6-14(17)16(20)15(7-11)21-2/h3-8,10,18-20H,9H2,1-2H3. The average Bonchev–Trinajstić information content (AvgIpc) is 2.48. The largest absolute Gasteiger partial charge is 0.508 e. The van der Waals surface area contributed by atoms with Crippen molar-refractivity contribution in [3.8, 4) is 17.2 Å². The SMILES string of the molecule is COc1cc(CNC(C)c2cccc(O)c2)cc(Br)c1O. The Kier molecular flexibility index (Phi) is 5.09. The van der Waals surface area contributed by atoms with Crippen LogP contribution in [0.25, 0.3) is 0 Å². The first-order chi connectivity index (χ1) is 10.0. The molecule has 0 heterocycles. The maximum Gasteiger partial charge on any atom is 0.172 e. The van der Waals surface area contributed by atoms with Gasteiger partial charge in [0.15, 0.2) is 11.5 Å². The van der Waals surface area contributed by atoms with E-state index in [1.165, 1.54) is 7.11 Å². The lowest BCUT2D eigenvalue weighted by Gasteiger charge is -2.15. The molecule has 0 aliphatic rings. The molecule has 0 aliphatic carbocycles. The van der Waals surface area contributed by atoms with E-state index in [1.807, 2.05) is 25.1 Å². The van der Waals surface area contributed by atoms with Gasteiger partial charge in [-0.1, -0.05) is 12.1 Å². The molecule has 0 fully saturated rings. The van der Waals surface area contributed by atoms with E-state index in [1.54, 1.807) is 18.2 Å². The molecule has 0 saturated heterocycles. The monoisotopic (exact) mass is 351 g/mol. The van der Waals surface area contributed by atoms with Gasteiger partial charge < -0.3 is 20.3 Å². The molecule has 2 aromatic rings. The van der Waals surface area contributed by atoms with E-state index in [-0.39, 0.29) is 17.5 Å². The van der Waals surface area contributed by atoms with Gasteiger partial charge in [-0.05, 0) is 58.2 Å².